The van der Waals surface area contributed by atoms with Crippen LogP contribution in [0, 0.1) is 0 Å². The van der Waals surface area contributed by atoms with E-state index in [1.165, 1.54) is 6.42 Å². The Morgan fingerprint density at radius 3 is 2.90 bits per heavy atom. The highest BCUT2D eigenvalue weighted by Crippen LogP contribution is 2.40. The highest BCUT2D eigenvalue weighted by Gasteiger charge is 2.28. The molecule has 3 rings (SSSR count). The predicted molar refractivity (Wildman–Crippen MR) is 81.7 cm³/mol. The molecule has 0 radical (unpaired) electrons. The van der Waals surface area contributed by atoms with Crippen molar-refractivity contribution in [1.29, 1.82) is 0 Å². The summed E-state index contributed by atoms with van der Waals surface area (Å²) in [6.45, 7) is 0.954. The second-order valence-corrected chi connectivity index (χ2v) is 5.60. The van der Waals surface area contributed by atoms with Crippen LogP contribution in [0.25, 0.3) is 0 Å². The quantitative estimate of drug-likeness (QED) is 0.713. The molecule has 2 aliphatic rings. The average Bonchev–Trinajstić information content (AvgIpc) is 2.41. The van der Waals surface area contributed by atoms with Gasteiger partial charge < -0.3 is 25.8 Å². The molecular formula is C15H21N3O3. The van der Waals surface area contributed by atoms with Crippen molar-refractivity contribution in [2.45, 2.75) is 31.7 Å². The van der Waals surface area contributed by atoms with Gasteiger partial charge in [0.05, 0.1) is 17.1 Å². The molecule has 4 N–H and O–H groups in total. The van der Waals surface area contributed by atoms with E-state index in [1.807, 2.05) is 6.07 Å². The SMILES string of the molecule is Nc1cc2c(cc1N(CCCO)C1CCC1)NC(=O)CO2. The Bertz CT molecular complexity index is 543. The lowest BCUT2D eigenvalue weighted by Crippen LogP contribution is -2.41. The first-order chi connectivity index (χ1) is 10.2. The van der Waals surface area contributed by atoms with Gasteiger partial charge in [0.1, 0.15) is 5.75 Å². The minimum atomic E-state index is -0.149. The molecule has 1 aliphatic carbocycles. The van der Waals surface area contributed by atoms with Crippen LogP contribution in [0.15, 0.2) is 12.1 Å². The second-order valence-electron chi connectivity index (χ2n) is 5.60. The van der Waals surface area contributed by atoms with Crippen molar-refractivity contribution in [3.8, 4) is 5.75 Å². The standard InChI is InChI=1S/C15H21N3O3/c16-11-7-14-12(17-15(20)9-21-14)8-13(11)18(5-2-6-19)10-3-1-4-10/h7-8,10,19H,1-6,9,16H2,(H,17,20). The Kier molecular flexibility index (Phi) is 3.88. The van der Waals surface area contributed by atoms with Gasteiger partial charge in [0.2, 0.25) is 0 Å². The average molecular weight is 291 g/mol. The van der Waals surface area contributed by atoms with E-state index in [4.69, 9.17) is 15.6 Å². The van der Waals surface area contributed by atoms with Crippen molar-refractivity contribution in [3.05, 3.63) is 12.1 Å². The lowest BCUT2D eigenvalue weighted by molar-refractivity contribution is -0.118. The minimum Gasteiger partial charge on any atom is -0.482 e. The molecule has 1 aromatic rings. The second kappa shape index (κ2) is 5.81. The number of nitrogen functional groups attached to an aromatic ring is 1. The number of anilines is 3. The summed E-state index contributed by atoms with van der Waals surface area (Å²) in [5.74, 6) is 0.468. The summed E-state index contributed by atoms with van der Waals surface area (Å²) in [6, 6.07) is 4.13. The lowest BCUT2D eigenvalue weighted by Gasteiger charge is -2.40. The van der Waals surface area contributed by atoms with Crippen molar-refractivity contribution >= 4 is 23.0 Å². The molecule has 0 atom stereocenters. The van der Waals surface area contributed by atoms with Gasteiger partial charge in [0, 0.05) is 25.3 Å². The number of ether oxygens (including phenoxy) is 1. The molecule has 0 spiro atoms. The van der Waals surface area contributed by atoms with Gasteiger partial charge >= 0.3 is 0 Å². The van der Waals surface area contributed by atoms with Crippen LogP contribution in [0.2, 0.25) is 0 Å². The maximum atomic E-state index is 11.5. The molecule has 1 saturated carbocycles. The van der Waals surface area contributed by atoms with Crippen molar-refractivity contribution in [2.75, 3.05) is 35.7 Å². The number of hydrogen-bond acceptors (Lipinski definition) is 5. The van der Waals surface area contributed by atoms with Crippen LogP contribution < -0.4 is 20.7 Å². The van der Waals surface area contributed by atoms with Gasteiger partial charge in [0.25, 0.3) is 5.91 Å². The molecule has 6 nitrogen and oxygen atoms in total. The first kappa shape index (κ1) is 14.0. The van der Waals surface area contributed by atoms with E-state index in [-0.39, 0.29) is 19.1 Å². The molecular weight excluding hydrogens is 270 g/mol. The number of aliphatic hydroxyl groups is 1. The van der Waals surface area contributed by atoms with Gasteiger partial charge in [-0.2, -0.15) is 0 Å². The Hall–Kier alpha value is -1.95. The predicted octanol–water partition coefficient (Wildman–Crippen LogP) is 1.34. The van der Waals surface area contributed by atoms with Crippen LogP contribution in [0.5, 0.6) is 5.75 Å². The third-order valence-corrected chi connectivity index (χ3v) is 4.14. The smallest absolute Gasteiger partial charge is 0.262 e. The number of hydrogen-bond donors (Lipinski definition) is 3. The Morgan fingerprint density at radius 2 is 2.24 bits per heavy atom. The van der Waals surface area contributed by atoms with Crippen LogP contribution in [0.3, 0.4) is 0 Å². The van der Waals surface area contributed by atoms with E-state index in [2.05, 4.69) is 10.2 Å². The molecule has 0 bridgehead atoms. The summed E-state index contributed by atoms with van der Waals surface area (Å²) >= 11 is 0. The lowest BCUT2D eigenvalue weighted by atomic mass is 9.90. The molecule has 0 aromatic heterocycles. The number of nitrogens with zero attached hydrogens (tertiary/aromatic N) is 1. The number of carbonyl (C=O) groups excluding carboxylic acids is 1. The molecule has 0 saturated heterocycles. The highest BCUT2D eigenvalue weighted by atomic mass is 16.5. The van der Waals surface area contributed by atoms with Crippen LogP contribution >= 0.6 is 0 Å². The minimum absolute atomic E-state index is 0.0304. The van der Waals surface area contributed by atoms with E-state index in [9.17, 15) is 4.79 Å². The zero-order valence-electron chi connectivity index (χ0n) is 12.0. The first-order valence-corrected chi connectivity index (χ1v) is 7.42. The number of aliphatic hydroxyl groups excluding tert-OH is 1. The molecule has 1 heterocycles. The van der Waals surface area contributed by atoms with Crippen LogP contribution in [0.4, 0.5) is 17.1 Å². The summed E-state index contributed by atoms with van der Waals surface area (Å²) < 4.78 is 5.38. The zero-order chi connectivity index (χ0) is 14.8. The highest BCUT2D eigenvalue weighted by molar-refractivity contribution is 5.97. The molecule has 1 aliphatic heterocycles. The van der Waals surface area contributed by atoms with Gasteiger partial charge in [0.15, 0.2) is 6.61 Å². The Morgan fingerprint density at radius 1 is 1.43 bits per heavy atom. The topological polar surface area (TPSA) is 87.8 Å². The fourth-order valence-electron chi connectivity index (χ4n) is 2.82. The number of carbonyl (C=O) groups is 1. The van der Waals surface area contributed by atoms with Gasteiger partial charge in [-0.05, 0) is 31.7 Å². The molecule has 1 fully saturated rings. The summed E-state index contributed by atoms with van der Waals surface area (Å²) in [4.78, 5) is 13.7. The molecule has 6 heteroatoms. The maximum absolute atomic E-state index is 11.5. The van der Waals surface area contributed by atoms with Crippen molar-refractivity contribution in [1.82, 2.24) is 0 Å². The van der Waals surface area contributed by atoms with E-state index in [0.717, 1.165) is 25.1 Å². The van der Waals surface area contributed by atoms with Crippen LogP contribution in [0.1, 0.15) is 25.7 Å². The summed E-state index contributed by atoms with van der Waals surface area (Å²) in [5.41, 5.74) is 8.40. The molecule has 1 aromatic carbocycles. The summed E-state index contributed by atoms with van der Waals surface area (Å²) in [5, 5.41) is 11.9. The third-order valence-electron chi connectivity index (χ3n) is 4.14. The Labute approximate surface area is 123 Å². The summed E-state index contributed by atoms with van der Waals surface area (Å²) in [6.07, 6.45) is 4.22. The number of rotatable bonds is 5. The number of fused-ring (bicyclic) bond motifs is 1. The van der Waals surface area contributed by atoms with E-state index < -0.39 is 0 Å². The van der Waals surface area contributed by atoms with Crippen LogP contribution in [-0.4, -0.2) is 36.8 Å². The largest absolute Gasteiger partial charge is 0.482 e. The number of nitrogens with two attached hydrogens (primary N) is 1. The van der Waals surface area contributed by atoms with Crippen LogP contribution in [-0.2, 0) is 4.79 Å². The molecule has 1 amide bonds. The summed E-state index contributed by atoms with van der Waals surface area (Å²) in [7, 11) is 0. The number of amides is 1. The number of benzene rings is 1. The first-order valence-electron chi connectivity index (χ1n) is 7.42. The van der Waals surface area contributed by atoms with E-state index >= 15 is 0 Å². The Balaban J connectivity index is 1.91. The van der Waals surface area contributed by atoms with E-state index in [0.29, 0.717) is 29.6 Å². The normalized spacial score (nSPS) is 17.5. The fourth-order valence-corrected chi connectivity index (χ4v) is 2.82. The molecule has 0 unspecified atom stereocenters. The van der Waals surface area contributed by atoms with Crippen molar-refractivity contribution < 1.29 is 14.6 Å². The third kappa shape index (κ3) is 2.76. The van der Waals surface area contributed by atoms with E-state index in [1.54, 1.807) is 6.07 Å². The monoisotopic (exact) mass is 291 g/mol. The fraction of sp³-hybridized carbons (Fsp3) is 0.533. The zero-order valence-corrected chi connectivity index (χ0v) is 12.0. The molecule has 21 heavy (non-hydrogen) atoms. The number of nitrogens with one attached hydrogen (secondary N) is 1. The van der Waals surface area contributed by atoms with Gasteiger partial charge in [-0.3, -0.25) is 4.79 Å². The molecule has 114 valence electrons. The van der Waals surface area contributed by atoms with Gasteiger partial charge in [-0.1, -0.05) is 0 Å². The van der Waals surface area contributed by atoms with Crippen molar-refractivity contribution in [2.24, 2.45) is 0 Å². The van der Waals surface area contributed by atoms with Gasteiger partial charge in [-0.25, -0.2) is 0 Å². The van der Waals surface area contributed by atoms with Gasteiger partial charge in [-0.15, -0.1) is 0 Å². The van der Waals surface area contributed by atoms with Crippen molar-refractivity contribution in [3.63, 3.8) is 0 Å². The maximum Gasteiger partial charge on any atom is 0.262 e.